The minimum Gasteiger partial charge on any atom is -0.455 e. The maximum absolute atomic E-state index is 6.64. The minimum absolute atomic E-state index is 0.906. The molecule has 0 fully saturated rings. The van der Waals surface area contributed by atoms with Gasteiger partial charge in [0.15, 0.2) is 0 Å². The normalized spacial score (nSPS) is 11.8. The first-order valence-electron chi connectivity index (χ1n) is 21.6. The standard InChI is InChI=1S/C60H38N2O/c1-2-17-42(18-3-1)61(44-34-29-39-15-4-5-16-41(39)37-44)45-35-36-47-46-19-10-12-27-55(46)62(56(47)38-45)43-32-30-40(31-33-43)58-49-21-6-8-23-51(49)59(52-24-9-7-22-50(52)58)54-26-14-25-53-48-20-11-13-28-57(48)63-60(53)54/h1-38H. The van der Waals surface area contributed by atoms with Crippen molar-refractivity contribution in [1.82, 2.24) is 4.57 Å². The number of rotatable bonds is 6. The van der Waals surface area contributed by atoms with E-state index >= 15 is 0 Å². The first kappa shape index (κ1) is 35.4. The van der Waals surface area contributed by atoms with E-state index in [1.165, 1.54) is 65.3 Å². The van der Waals surface area contributed by atoms with Crippen molar-refractivity contribution < 1.29 is 4.42 Å². The van der Waals surface area contributed by atoms with Crippen molar-refractivity contribution >= 4 is 93.1 Å². The Hall–Kier alpha value is -8.40. The summed E-state index contributed by atoms with van der Waals surface area (Å²) in [5.41, 5.74) is 13.3. The molecule has 0 saturated heterocycles. The summed E-state index contributed by atoms with van der Waals surface area (Å²) >= 11 is 0. The molecule has 0 aliphatic heterocycles. The highest BCUT2D eigenvalue weighted by Gasteiger charge is 2.22. The molecular formula is C60H38N2O. The van der Waals surface area contributed by atoms with Crippen LogP contribution in [0.25, 0.3) is 104 Å². The Labute approximate surface area is 363 Å². The monoisotopic (exact) mass is 802 g/mol. The van der Waals surface area contributed by atoms with Gasteiger partial charge in [-0.2, -0.15) is 0 Å². The summed E-state index contributed by atoms with van der Waals surface area (Å²) in [5, 5.41) is 12.0. The molecule has 0 amide bonds. The lowest BCUT2D eigenvalue weighted by atomic mass is 9.85. The number of hydrogen-bond acceptors (Lipinski definition) is 2. The van der Waals surface area contributed by atoms with Crippen molar-refractivity contribution in [3.63, 3.8) is 0 Å². The van der Waals surface area contributed by atoms with Crippen LogP contribution < -0.4 is 4.90 Å². The van der Waals surface area contributed by atoms with Crippen molar-refractivity contribution in [3.05, 3.63) is 231 Å². The summed E-state index contributed by atoms with van der Waals surface area (Å²) in [6, 6.07) is 83.5. The van der Waals surface area contributed by atoms with Crippen LogP contribution in [0.15, 0.2) is 235 Å². The van der Waals surface area contributed by atoms with E-state index in [1.807, 2.05) is 6.07 Å². The number of nitrogens with zero attached hydrogens (tertiary/aromatic N) is 2. The molecular weight excluding hydrogens is 765 g/mol. The molecule has 2 heterocycles. The van der Waals surface area contributed by atoms with Crippen molar-refractivity contribution in [2.75, 3.05) is 4.90 Å². The van der Waals surface area contributed by atoms with E-state index in [9.17, 15) is 0 Å². The Morgan fingerprint density at radius 3 is 1.67 bits per heavy atom. The molecule has 0 N–H and O–H groups in total. The number of fused-ring (bicyclic) bond motifs is 9. The van der Waals surface area contributed by atoms with E-state index in [1.54, 1.807) is 0 Å². The number of furan rings is 1. The van der Waals surface area contributed by atoms with E-state index in [4.69, 9.17) is 4.42 Å². The fourth-order valence-corrected chi connectivity index (χ4v) is 10.2. The number of para-hydroxylation sites is 4. The van der Waals surface area contributed by atoms with Crippen molar-refractivity contribution in [3.8, 4) is 27.9 Å². The van der Waals surface area contributed by atoms with Gasteiger partial charge in [0.1, 0.15) is 11.2 Å². The lowest BCUT2D eigenvalue weighted by molar-refractivity contribution is 0.670. The van der Waals surface area contributed by atoms with Gasteiger partial charge in [-0.3, -0.25) is 0 Å². The third kappa shape index (κ3) is 5.53. The van der Waals surface area contributed by atoms with E-state index in [0.717, 1.165) is 55.8 Å². The van der Waals surface area contributed by atoms with Gasteiger partial charge in [-0.25, -0.2) is 0 Å². The summed E-state index contributed by atoms with van der Waals surface area (Å²) in [5.74, 6) is 0. The second-order valence-corrected chi connectivity index (χ2v) is 16.4. The largest absolute Gasteiger partial charge is 0.455 e. The molecule has 63 heavy (non-hydrogen) atoms. The van der Waals surface area contributed by atoms with E-state index in [2.05, 4.69) is 234 Å². The zero-order valence-electron chi connectivity index (χ0n) is 34.2. The van der Waals surface area contributed by atoms with Gasteiger partial charge in [-0.15, -0.1) is 0 Å². The molecule has 0 aliphatic rings. The molecule has 0 unspecified atom stereocenters. The molecule has 0 aliphatic carbocycles. The third-order valence-corrected chi connectivity index (χ3v) is 12.9. The molecule has 294 valence electrons. The number of aromatic nitrogens is 1. The Kier molecular flexibility index (Phi) is 7.91. The smallest absolute Gasteiger partial charge is 0.143 e. The predicted molar refractivity (Wildman–Crippen MR) is 266 cm³/mol. The number of hydrogen-bond donors (Lipinski definition) is 0. The summed E-state index contributed by atoms with van der Waals surface area (Å²) < 4.78 is 9.06. The van der Waals surface area contributed by atoms with E-state index in [0.29, 0.717) is 0 Å². The van der Waals surface area contributed by atoms with Crippen LogP contribution in [0, 0.1) is 0 Å². The zero-order valence-corrected chi connectivity index (χ0v) is 34.2. The fraction of sp³-hybridized carbons (Fsp3) is 0. The Morgan fingerprint density at radius 1 is 0.333 bits per heavy atom. The molecule has 2 aromatic heterocycles. The minimum atomic E-state index is 0.906. The van der Waals surface area contributed by atoms with E-state index < -0.39 is 0 Å². The highest BCUT2D eigenvalue weighted by atomic mass is 16.3. The van der Waals surface area contributed by atoms with Crippen LogP contribution in [-0.2, 0) is 0 Å². The second-order valence-electron chi connectivity index (χ2n) is 16.4. The first-order valence-corrected chi connectivity index (χ1v) is 21.6. The average molecular weight is 803 g/mol. The highest BCUT2D eigenvalue weighted by molar-refractivity contribution is 6.24. The summed E-state index contributed by atoms with van der Waals surface area (Å²) in [4.78, 5) is 2.37. The maximum Gasteiger partial charge on any atom is 0.143 e. The quantitative estimate of drug-likeness (QED) is 0.156. The first-order chi connectivity index (χ1) is 31.3. The van der Waals surface area contributed by atoms with Gasteiger partial charge in [0.25, 0.3) is 0 Å². The molecule has 3 heteroatoms. The summed E-state index contributed by atoms with van der Waals surface area (Å²) in [6.45, 7) is 0. The van der Waals surface area contributed by atoms with Gasteiger partial charge in [0.2, 0.25) is 0 Å². The summed E-state index contributed by atoms with van der Waals surface area (Å²) in [7, 11) is 0. The van der Waals surface area contributed by atoms with Crippen LogP contribution in [0.1, 0.15) is 0 Å². The predicted octanol–water partition coefficient (Wildman–Crippen LogP) is 16.9. The van der Waals surface area contributed by atoms with Crippen LogP contribution in [-0.4, -0.2) is 4.57 Å². The summed E-state index contributed by atoms with van der Waals surface area (Å²) in [6.07, 6.45) is 0. The molecule has 11 aromatic carbocycles. The number of anilines is 3. The number of benzene rings is 11. The van der Waals surface area contributed by atoms with Gasteiger partial charge in [-0.1, -0.05) is 170 Å². The topological polar surface area (TPSA) is 21.3 Å². The van der Waals surface area contributed by atoms with Crippen LogP contribution >= 0.6 is 0 Å². The molecule has 13 aromatic rings. The Bertz CT molecular complexity index is 3860. The molecule has 0 radical (unpaired) electrons. The highest BCUT2D eigenvalue weighted by Crippen LogP contribution is 2.47. The van der Waals surface area contributed by atoms with Crippen molar-refractivity contribution in [2.45, 2.75) is 0 Å². The van der Waals surface area contributed by atoms with Crippen molar-refractivity contribution in [1.29, 1.82) is 0 Å². The average Bonchev–Trinajstić information content (AvgIpc) is 3.90. The molecule has 3 nitrogen and oxygen atoms in total. The molecule has 0 spiro atoms. The Morgan fingerprint density at radius 2 is 0.905 bits per heavy atom. The third-order valence-electron chi connectivity index (χ3n) is 12.9. The maximum atomic E-state index is 6.64. The second kappa shape index (κ2) is 14.1. The van der Waals surface area contributed by atoms with E-state index in [-0.39, 0.29) is 0 Å². The van der Waals surface area contributed by atoms with Crippen LogP contribution in [0.5, 0.6) is 0 Å². The molecule has 0 saturated carbocycles. The van der Waals surface area contributed by atoms with Gasteiger partial charge < -0.3 is 13.9 Å². The SMILES string of the molecule is c1ccc(N(c2ccc3ccccc3c2)c2ccc3c4ccccc4n(-c4ccc(-c5c6ccccc6c(-c6cccc7c6oc6ccccc67)c6ccccc56)cc4)c3c2)cc1. The van der Waals surface area contributed by atoms with Crippen LogP contribution in [0.2, 0.25) is 0 Å². The fourth-order valence-electron chi connectivity index (χ4n) is 10.2. The Balaban J connectivity index is 0.986. The van der Waals surface area contributed by atoms with Gasteiger partial charge in [-0.05, 0) is 104 Å². The zero-order chi connectivity index (χ0) is 41.4. The van der Waals surface area contributed by atoms with Crippen molar-refractivity contribution in [2.24, 2.45) is 0 Å². The lowest BCUT2D eigenvalue weighted by Crippen LogP contribution is -2.10. The van der Waals surface area contributed by atoms with Gasteiger partial charge in [0.05, 0.1) is 11.0 Å². The molecule has 0 bridgehead atoms. The molecule has 0 atom stereocenters. The van der Waals surface area contributed by atoms with Gasteiger partial charge >= 0.3 is 0 Å². The molecule has 13 rings (SSSR count). The lowest BCUT2D eigenvalue weighted by Gasteiger charge is -2.26. The van der Waals surface area contributed by atoms with Gasteiger partial charge in [0, 0.05) is 55.4 Å². The van der Waals surface area contributed by atoms with Crippen LogP contribution in [0.3, 0.4) is 0 Å². The van der Waals surface area contributed by atoms with Crippen LogP contribution in [0.4, 0.5) is 17.1 Å².